The summed E-state index contributed by atoms with van der Waals surface area (Å²) >= 11 is 0. The van der Waals surface area contributed by atoms with Crippen molar-refractivity contribution in [1.82, 2.24) is 9.13 Å². The lowest BCUT2D eigenvalue weighted by Gasteiger charge is -2.12. The Morgan fingerprint density at radius 2 is 1.65 bits per heavy atom. The molecule has 0 bridgehead atoms. The minimum absolute atomic E-state index is 0.234. The highest BCUT2D eigenvalue weighted by Crippen LogP contribution is 2.44. The van der Waals surface area contributed by atoms with Crippen LogP contribution in [0.3, 0.4) is 0 Å². The predicted octanol–water partition coefficient (Wildman–Crippen LogP) is 6.26. The molecule has 0 spiro atoms. The number of aromatic nitrogens is 2. The maximum Gasteiger partial charge on any atom is 0.143 e. The molecule has 0 unspecified atom stereocenters. The molecule has 1 aliphatic rings. The monoisotopic (exact) mass is 408 g/mol. The van der Waals surface area contributed by atoms with Gasteiger partial charge >= 0.3 is 0 Å². The van der Waals surface area contributed by atoms with Crippen LogP contribution in [0, 0.1) is 13.8 Å². The fraction of sp³-hybridized carbons (Fsp3) is 0.185. The SMILES string of the molecule is Cc1c(C)c(O)c2c(c1O)c1cc(-n3c4c(c5ccccc53)CCC=C4)ccc1n2C. The van der Waals surface area contributed by atoms with Crippen molar-refractivity contribution in [2.45, 2.75) is 26.7 Å². The first-order valence-corrected chi connectivity index (χ1v) is 10.7. The van der Waals surface area contributed by atoms with Gasteiger partial charge in [-0.15, -0.1) is 0 Å². The molecule has 2 N–H and O–H groups in total. The Labute approximate surface area is 180 Å². The molecule has 0 amide bonds. The zero-order valence-electron chi connectivity index (χ0n) is 17.9. The number of aromatic hydroxyl groups is 2. The third-order valence-corrected chi connectivity index (χ3v) is 7.03. The summed E-state index contributed by atoms with van der Waals surface area (Å²) in [6, 6.07) is 14.9. The highest BCUT2D eigenvalue weighted by molar-refractivity contribution is 6.14. The van der Waals surface area contributed by atoms with E-state index in [1.54, 1.807) is 0 Å². The van der Waals surface area contributed by atoms with Crippen LogP contribution in [0.25, 0.3) is 44.5 Å². The second kappa shape index (κ2) is 6.17. The van der Waals surface area contributed by atoms with Gasteiger partial charge in [0.15, 0.2) is 0 Å². The highest BCUT2D eigenvalue weighted by atomic mass is 16.3. The summed E-state index contributed by atoms with van der Waals surface area (Å²) in [5, 5.41) is 24.8. The van der Waals surface area contributed by atoms with Gasteiger partial charge in [-0.1, -0.05) is 24.3 Å². The summed E-state index contributed by atoms with van der Waals surface area (Å²) in [6.07, 6.45) is 6.57. The fourth-order valence-corrected chi connectivity index (χ4v) is 5.27. The Hall–Kier alpha value is -3.66. The Balaban J connectivity index is 1.75. The molecule has 5 aromatic rings. The molecule has 4 nitrogen and oxygen atoms in total. The maximum atomic E-state index is 11.0. The van der Waals surface area contributed by atoms with E-state index < -0.39 is 0 Å². The first-order valence-electron chi connectivity index (χ1n) is 10.7. The molecule has 4 heteroatoms. The Morgan fingerprint density at radius 3 is 2.48 bits per heavy atom. The number of hydrogen-bond acceptors (Lipinski definition) is 2. The van der Waals surface area contributed by atoms with Gasteiger partial charge in [-0.3, -0.25) is 0 Å². The molecule has 0 saturated carbocycles. The van der Waals surface area contributed by atoms with Gasteiger partial charge in [-0.2, -0.15) is 0 Å². The van der Waals surface area contributed by atoms with Gasteiger partial charge in [-0.25, -0.2) is 0 Å². The molecular formula is C27H24N2O2. The van der Waals surface area contributed by atoms with Crippen LogP contribution in [-0.4, -0.2) is 19.3 Å². The van der Waals surface area contributed by atoms with E-state index in [0.29, 0.717) is 16.5 Å². The summed E-state index contributed by atoms with van der Waals surface area (Å²) in [4.78, 5) is 0. The minimum Gasteiger partial charge on any atom is -0.507 e. The number of aryl methyl sites for hydroxylation is 2. The zero-order valence-corrected chi connectivity index (χ0v) is 17.9. The lowest BCUT2D eigenvalue weighted by atomic mass is 10.0. The van der Waals surface area contributed by atoms with Crippen molar-refractivity contribution in [1.29, 1.82) is 0 Å². The molecule has 3 aromatic carbocycles. The summed E-state index contributed by atoms with van der Waals surface area (Å²) in [7, 11) is 1.94. The van der Waals surface area contributed by atoms with Gasteiger partial charge in [0.05, 0.1) is 16.4 Å². The fourth-order valence-electron chi connectivity index (χ4n) is 5.27. The summed E-state index contributed by atoms with van der Waals surface area (Å²) in [6.45, 7) is 3.70. The quantitative estimate of drug-likeness (QED) is 0.322. The molecule has 154 valence electrons. The molecule has 0 atom stereocenters. The second-order valence-corrected chi connectivity index (χ2v) is 8.59. The Kier molecular flexibility index (Phi) is 3.61. The van der Waals surface area contributed by atoms with Crippen LogP contribution in [0.5, 0.6) is 11.5 Å². The third kappa shape index (κ3) is 2.25. The summed E-state index contributed by atoms with van der Waals surface area (Å²) in [5.41, 5.74) is 7.96. The smallest absolute Gasteiger partial charge is 0.143 e. The van der Waals surface area contributed by atoms with Crippen molar-refractivity contribution in [2.75, 3.05) is 0 Å². The van der Waals surface area contributed by atoms with E-state index in [1.807, 2.05) is 25.5 Å². The van der Waals surface area contributed by atoms with Crippen LogP contribution >= 0.6 is 0 Å². The van der Waals surface area contributed by atoms with Gasteiger partial charge in [0, 0.05) is 34.7 Å². The number of para-hydroxylation sites is 1. The first-order chi connectivity index (χ1) is 15.0. The zero-order chi connectivity index (χ0) is 21.4. The summed E-state index contributed by atoms with van der Waals surface area (Å²) in [5.74, 6) is 0.476. The molecule has 0 saturated heterocycles. The normalized spacial score (nSPS) is 13.5. The van der Waals surface area contributed by atoms with Crippen molar-refractivity contribution < 1.29 is 10.2 Å². The number of nitrogens with zero attached hydrogens (tertiary/aromatic N) is 2. The van der Waals surface area contributed by atoms with Gasteiger partial charge in [0.2, 0.25) is 0 Å². The number of phenols is 2. The molecule has 2 aromatic heterocycles. The number of rotatable bonds is 1. The van der Waals surface area contributed by atoms with E-state index in [9.17, 15) is 10.2 Å². The molecule has 0 fully saturated rings. The van der Waals surface area contributed by atoms with Crippen molar-refractivity contribution in [3.05, 3.63) is 70.9 Å². The van der Waals surface area contributed by atoms with Crippen molar-refractivity contribution >= 4 is 38.8 Å². The average Bonchev–Trinajstić information content (AvgIpc) is 3.28. The lowest BCUT2D eigenvalue weighted by molar-refractivity contribution is 0.461. The van der Waals surface area contributed by atoms with Crippen LogP contribution in [0.15, 0.2) is 48.5 Å². The molecule has 0 aliphatic heterocycles. The summed E-state index contributed by atoms with van der Waals surface area (Å²) < 4.78 is 4.29. The van der Waals surface area contributed by atoms with Gasteiger partial charge in [0.25, 0.3) is 0 Å². The Morgan fingerprint density at radius 1 is 0.871 bits per heavy atom. The average molecular weight is 409 g/mol. The first kappa shape index (κ1) is 18.1. The molecular weight excluding hydrogens is 384 g/mol. The number of fused-ring (bicyclic) bond motifs is 6. The molecule has 1 aliphatic carbocycles. The minimum atomic E-state index is 0.234. The van der Waals surface area contributed by atoms with E-state index in [1.165, 1.54) is 22.2 Å². The highest BCUT2D eigenvalue weighted by Gasteiger charge is 2.22. The maximum absolute atomic E-state index is 11.0. The van der Waals surface area contributed by atoms with E-state index >= 15 is 0 Å². The standard InChI is InChI=1S/C27H24N2O2/c1-15-16(2)27(31)25-24(26(15)30)20-14-17(12-13-21(20)28(25)3)29-22-10-6-4-8-18(22)19-9-5-7-11-23(19)29/h4,6-8,10-14,30-31H,5,9H2,1-3H3. The van der Waals surface area contributed by atoms with Crippen LogP contribution in [0.1, 0.15) is 28.8 Å². The largest absolute Gasteiger partial charge is 0.507 e. The third-order valence-electron chi connectivity index (χ3n) is 7.03. The number of allylic oxidation sites excluding steroid dienone is 1. The Bertz CT molecular complexity index is 1580. The molecule has 0 radical (unpaired) electrons. The van der Waals surface area contributed by atoms with E-state index in [4.69, 9.17) is 0 Å². The number of benzene rings is 3. The van der Waals surface area contributed by atoms with Crippen molar-refractivity contribution in [2.24, 2.45) is 7.05 Å². The lowest BCUT2D eigenvalue weighted by Crippen LogP contribution is -2.00. The van der Waals surface area contributed by atoms with Crippen molar-refractivity contribution in [3.63, 3.8) is 0 Å². The van der Waals surface area contributed by atoms with Crippen molar-refractivity contribution in [3.8, 4) is 17.2 Å². The van der Waals surface area contributed by atoms with Gasteiger partial charge < -0.3 is 19.3 Å². The second-order valence-electron chi connectivity index (χ2n) is 8.59. The molecule has 6 rings (SSSR count). The van der Waals surface area contributed by atoms with Gasteiger partial charge in [-0.05, 0) is 73.7 Å². The van der Waals surface area contributed by atoms with Gasteiger partial charge in [0.1, 0.15) is 11.5 Å². The van der Waals surface area contributed by atoms with E-state index in [2.05, 4.69) is 59.2 Å². The van der Waals surface area contributed by atoms with E-state index in [0.717, 1.165) is 35.0 Å². The number of hydrogen-bond donors (Lipinski definition) is 2. The van der Waals surface area contributed by atoms with Crippen LogP contribution in [-0.2, 0) is 13.5 Å². The predicted molar refractivity (Wildman–Crippen MR) is 127 cm³/mol. The molecule has 2 heterocycles. The van der Waals surface area contributed by atoms with Crippen LogP contribution in [0.2, 0.25) is 0 Å². The molecule has 31 heavy (non-hydrogen) atoms. The van der Waals surface area contributed by atoms with Crippen LogP contribution in [0.4, 0.5) is 0 Å². The topological polar surface area (TPSA) is 50.3 Å². The van der Waals surface area contributed by atoms with Crippen LogP contribution < -0.4 is 0 Å². The number of phenolic OH excluding ortho intramolecular Hbond substituents is 2. The van der Waals surface area contributed by atoms with E-state index in [-0.39, 0.29) is 11.5 Å².